The lowest BCUT2D eigenvalue weighted by Gasteiger charge is -2.16. The molecule has 0 aliphatic rings. The molecular weight excluding hydrogens is 314 g/mol. The Hall–Kier alpha value is -2.41. The van der Waals surface area contributed by atoms with Crippen molar-refractivity contribution in [2.45, 2.75) is 19.9 Å². The number of nitrogens with one attached hydrogen (secondary N) is 1. The molecule has 7 heteroatoms. The van der Waals surface area contributed by atoms with E-state index in [1.54, 1.807) is 18.4 Å². The van der Waals surface area contributed by atoms with E-state index in [9.17, 15) is 9.59 Å². The number of carbonyl (C=O) groups is 2. The van der Waals surface area contributed by atoms with Crippen LogP contribution in [-0.4, -0.2) is 40.6 Å². The van der Waals surface area contributed by atoms with Gasteiger partial charge in [-0.25, -0.2) is 9.78 Å². The van der Waals surface area contributed by atoms with Crippen LogP contribution in [0.2, 0.25) is 0 Å². The second-order valence-corrected chi connectivity index (χ2v) is 6.20. The maximum absolute atomic E-state index is 11.9. The third-order valence-electron chi connectivity index (χ3n) is 3.32. The van der Waals surface area contributed by atoms with Gasteiger partial charge in [-0.05, 0) is 6.92 Å². The van der Waals surface area contributed by atoms with Crippen molar-refractivity contribution in [1.82, 2.24) is 15.2 Å². The van der Waals surface area contributed by atoms with Crippen LogP contribution < -0.4 is 5.32 Å². The summed E-state index contributed by atoms with van der Waals surface area (Å²) in [5.41, 5.74) is 1.94. The zero-order valence-electron chi connectivity index (χ0n) is 13.1. The summed E-state index contributed by atoms with van der Waals surface area (Å²) in [5, 5.41) is 12.3. The Balaban J connectivity index is 1.95. The summed E-state index contributed by atoms with van der Waals surface area (Å²) >= 11 is 1.55. The highest BCUT2D eigenvalue weighted by Gasteiger charge is 2.13. The number of urea groups is 1. The molecule has 2 amide bonds. The normalized spacial score (nSPS) is 10.3. The number of aliphatic carboxylic acids is 1. The molecule has 0 aliphatic heterocycles. The summed E-state index contributed by atoms with van der Waals surface area (Å²) in [6, 6.07) is 9.59. The first-order chi connectivity index (χ1) is 11.0. The van der Waals surface area contributed by atoms with Gasteiger partial charge in [0.1, 0.15) is 5.01 Å². The quantitative estimate of drug-likeness (QED) is 0.851. The molecule has 0 atom stereocenters. The molecule has 2 aromatic rings. The molecule has 0 fully saturated rings. The van der Waals surface area contributed by atoms with Gasteiger partial charge in [-0.3, -0.25) is 4.79 Å². The van der Waals surface area contributed by atoms with E-state index in [4.69, 9.17) is 5.11 Å². The van der Waals surface area contributed by atoms with E-state index in [-0.39, 0.29) is 19.0 Å². The fraction of sp³-hybridized carbons (Fsp3) is 0.312. The molecule has 1 heterocycles. The molecule has 1 aromatic carbocycles. The van der Waals surface area contributed by atoms with Crippen molar-refractivity contribution in [2.75, 3.05) is 13.6 Å². The maximum atomic E-state index is 11.9. The second-order valence-electron chi connectivity index (χ2n) is 5.12. The van der Waals surface area contributed by atoms with Crippen LogP contribution >= 0.6 is 11.3 Å². The highest BCUT2D eigenvalue weighted by molar-refractivity contribution is 7.15. The second kappa shape index (κ2) is 7.73. The first kappa shape index (κ1) is 17.0. The summed E-state index contributed by atoms with van der Waals surface area (Å²) in [6.07, 6.45) is -0.0678. The van der Waals surface area contributed by atoms with Gasteiger partial charge < -0.3 is 15.3 Å². The maximum Gasteiger partial charge on any atom is 0.317 e. The van der Waals surface area contributed by atoms with Gasteiger partial charge in [-0.1, -0.05) is 30.3 Å². The van der Waals surface area contributed by atoms with E-state index in [0.29, 0.717) is 6.54 Å². The van der Waals surface area contributed by atoms with Crippen LogP contribution in [0.4, 0.5) is 4.79 Å². The predicted molar refractivity (Wildman–Crippen MR) is 89.4 cm³/mol. The van der Waals surface area contributed by atoms with Gasteiger partial charge in [0.15, 0.2) is 0 Å². The molecule has 2 N–H and O–H groups in total. The number of carboxylic acids is 1. The number of nitrogens with zero attached hydrogens (tertiary/aromatic N) is 2. The monoisotopic (exact) mass is 333 g/mol. The Bertz CT molecular complexity index is 685. The lowest BCUT2D eigenvalue weighted by Crippen LogP contribution is -2.37. The molecule has 0 bridgehead atoms. The SMILES string of the molecule is Cc1nc(-c2ccccc2)sc1CNC(=O)N(C)CCC(=O)O. The number of carboxylic acid groups (broad SMARTS) is 1. The van der Waals surface area contributed by atoms with Gasteiger partial charge in [-0.15, -0.1) is 11.3 Å². The third-order valence-corrected chi connectivity index (χ3v) is 4.53. The molecule has 122 valence electrons. The number of amides is 2. The molecular formula is C16H19N3O3S. The van der Waals surface area contributed by atoms with E-state index >= 15 is 0 Å². The molecule has 0 unspecified atom stereocenters. The van der Waals surface area contributed by atoms with E-state index in [1.807, 2.05) is 37.3 Å². The highest BCUT2D eigenvalue weighted by atomic mass is 32.1. The van der Waals surface area contributed by atoms with Crippen LogP contribution in [-0.2, 0) is 11.3 Å². The number of aryl methyl sites for hydroxylation is 1. The summed E-state index contributed by atoms with van der Waals surface area (Å²) in [4.78, 5) is 29.3. The van der Waals surface area contributed by atoms with Crippen LogP contribution in [0.3, 0.4) is 0 Å². The molecule has 0 spiro atoms. The van der Waals surface area contributed by atoms with Gasteiger partial charge in [0.05, 0.1) is 18.7 Å². The number of benzene rings is 1. The molecule has 0 saturated heterocycles. The minimum Gasteiger partial charge on any atom is -0.481 e. The van der Waals surface area contributed by atoms with Crippen molar-refractivity contribution in [2.24, 2.45) is 0 Å². The first-order valence-electron chi connectivity index (χ1n) is 7.20. The van der Waals surface area contributed by atoms with Gasteiger partial charge in [0.25, 0.3) is 0 Å². The Morgan fingerprint density at radius 1 is 1.30 bits per heavy atom. The molecule has 6 nitrogen and oxygen atoms in total. The molecule has 2 rings (SSSR count). The summed E-state index contributed by atoms with van der Waals surface area (Å²) in [7, 11) is 1.58. The minimum atomic E-state index is -0.921. The Labute approximate surface area is 138 Å². The summed E-state index contributed by atoms with van der Waals surface area (Å²) in [6.45, 7) is 2.48. The average molecular weight is 333 g/mol. The summed E-state index contributed by atoms with van der Waals surface area (Å²) in [5.74, 6) is -0.921. The molecule has 23 heavy (non-hydrogen) atoms. The number of rotatable bonds is 6. The Morgan fingerprint density at radius 3 is 2.65 bits per heavy atom. The largest absolute Gasteiger partial charge is 0.481 e. The minimum absolute atomic E-state index is 0.0678. The van der Waals surface area contributed by atoms with Crippen LogP contribution in [0.1, 0.15) is 17.0 Å². The smallest absolute Gasteiger partial charge is 0.317 e. The van der Waals surface area contributed by atoms with Gasteiger partial charge in [-0.2, -0.15) is 0 Å². The average Bonchev–Trinajstić information content (AvgIpc) is 2.92. The lowest BCUT2D eigenvalue weighted by molar-refractivity contribution is -0.137. The van der Waals surface area contributed by atoms with Gasteiger partial charge >= 0.3 is 12.0 Å². The van der Waals surface area contributed by atoms with Gasteiger partial charge in [0, 0.05) is 24.0 Å². The molecule has 0 saturated carbocycles. The van der Waals surface area contributed by atoms with Crippen molar-refractivity contribution in [1.29, 1.82) is 0 Å². The molecule has 0 radical (unpaired) electrons. The topological polar surface area (TPSA) is 82.5 Å². The van der Waals surface area contributed by atoms with Crippen LogP contribution in [0, 0.1) is 6.92 Å². The van der Waals surface area contributed by atoms with Crippen molar-refractivity contribution >= 4 is 23.3 Å². The molecule has 1 aromatic heterocycles. The number of carbonyl (C=O) groups excluding carboxylic acids is 1. The highest BCUT2D eigenvalue weighted by Crippen LogP contribution is 2.27. The van der Waals surface area contributed by atoms with Crippen LogP contribution in [0.25, 0.3) is 10.6 Å². The Kier molecular flexibility index (Phi) is 5.70. The van der Waals surface area contributed by atoms with E-state index in [0.717, 1.165) is 21.1 Å². The number of hydrogen-bond acceptors (Lipinski definition) is 4. The van der Waals surface area contributed by atoms with Crippen molar-refractivity contribution in [3.05, 3.63) is 40.9 Å². The van der Waals surface area contributed by atoms with Crippen molar-refractivity contribution in [3.8, 4) is 10.6 Å². The Morgan fingerprint density at radius 2 is 2.00 bits per heavy atom. The van der Waals surface area contributed by atoms with Crippen LogP contribution in [0.5, 0.6) is 0 Å². The fourth-order valence-corrected chi connectivity index (χ4v) is 2.96. The standard InChI is InChI=1S/C16H19N3O3S/c1-11-13(10-17-16(22)19(2)9-8-14(20)21)23-15(18-11)12-6-4-3-5-7-12/h3-7H,8-10H2,1-2H3,(H,17,22)(H,20,21). The van der Waals surface area contributed by atoms with Crippen molar-refractivity contribution < 1.29 is 14.7 Å². The number of aromatic nitrogens is 1. The fourth-order valence-electron chi connectivity index (χ4n) is 1.95. The van der Waals surface area contributed by atoms with E-state index < -0.39 is 5.97 Å². The van der Waals surface area contributed by atoms with Crippen LogP contribution in [0.15, 0.2) is 30.3 Å². The number of hydrogen-bond donors (Lipinski definition) is 2. The van der Waals surface area contributed by atoms with E-state index in [1.165, 1.54) is 4.90 Å². The zero-order chi connectivity index (χ0) is 16.8. The third kappa shape index (κ3) is 4.79. The first-order valence-corrected chi connectivity index (χ1v) is 8.01. The zero-order valence-corrected chi connectivity index (χ0v) is 13.9. The summed E-state index contributed by atoms with van der Waals surface area (Å²) < 4.78 is 0. The molecule has 0 aliphatic carbocycles. The van der Waals surface area contributed by atoms with Gasteiger partial charge in [0.2, 0.25) is 0 Å². The van der Waals surface area contributed by atoms with E-state index in [2.05, 4.69) is 10.3 Å². The van der Waals surface area contributed by atoms with Crippen molar-refractivity contribution in [3.63, 3.8) is 0 Å². The number of thiazole rings is 1. The lowest BCUT2D eigenvalue weighted by atomic mass is 10.2. The predicted octanol–water partition coefficient (Wildman–Crippen LogP) is 2.73.